The van der Waals surface area contributed by atoms with Crippen molar-refractivity contribution in [2.24, 2.45) is 0 Å². The summed E-state index contributed by atoms with van der Waals surface area (Å²) in [5.41, 5.74) is 0. The van der Waals surface area contributed by atoms with Crippen molar-refractivity contribution in [2.45, 2.75) is 32.4 Å². The van der Waals surface area contributed by atoms with Crippen LogP contribution >= 0.6 is 0 Å². The Balaban J connectivity index is 0.000000251. The number of nitrogens with one attached hydrogen (secondary N) is 2. The van der Waals surface area contributed by atoms with Gasteiger partial charge in [-0.3, -0.25) is 0 Å². The molecule has 2 heterocycles. The minimum atomic E-state index is 0. The van der Waals surface area contributed by atoms with Crippen molar-refractivity contribution in [2.75, 3.05) is 13.1 Å². The maximum atomic E-state index is 3.39. The molecule has 2 bridgehead atoms. The van der Waals surface area contributed by atoms with Gasteiger partial charge in [0.05, 0.1) is 0 Å². The summed E-state index contributed by atoms with van der Waals surface area (Å²) in [5.74, 6) is 0. The zero-order chi connectivity index (χ0) is 6.69. The molecule has 0 spiro atoms. The van der Waals surface area contributed by atoms with Gasteiger partial charge in [-0.2, -0.15) is 0 Å². The van der Waals surface area contributed by atoms with E-state index >= 15 is 0 Å². The highest BCUT2D eigenvalue weighted by Crippen LogP contribution is 2.11. The second-order valence-corrected chi connectivity index (χ2v) is 2.45. The van der Waals surface area contributed by atoms with Crippen LogP contribution in [0.5, 0.6) is 0 Å². The Hall–Kier alpha value is -0.0800. The van der Waals surface area contributed by atoms with E-state index in [0.717, 1.165) is 12.1 Å². The van der Waals surface area contributed by atoms with Gasteiger partial charge in [-0.15, -0.1) is 0 Å². The van der Waals surface area contributed by atoms with Crippen LogP contribution in [0.3, 0.4) is 0 Å². The number of rotatable bonds is 0. The molecular weight excluding hydrogens is 112 g/mol. The highest BCUT2D eigenvalue weighted by atomic mass is 15.1. The normalized spacial score (nSPS) is 38.0. The van der Waals surface area contributed by atoms with Crippen molar-refractivity contribution in [1.82, 2.24) is 10.6 Å². The molecule has 0 aliphatic carbocycles. The van der Waals surface area contributed by atoms with Crippen LogP contribution in [0.2, 0.25) is 0 Å². The maximum Gasteiger partial charge on any atom is 0.0208 e. The molecule has 0 aromatic rings. The Morgan fingerprint density at radius 1 is 1.11 bits per heavy atom. The first kappa shape index (κ1) is 7.03. The molecule has 2 aliphatic heterocycles. The van der Waals surface area contributed by atoms with Crippen molar-refractivity contribution < 1.29 is 1.43 Å². The zero-order valence-electron chi connectivity index (χ0n) is 6.28. The van der Waals surface area contributed by atoms with Crippen molar-refractivity contribution in [1.29, 1.82) is 0 Å². The molecule has 56 valence electrons. The average Bonchev–Trinajstić information content (AvgIpc) is 2.53. The van der Waals surface area contributed by atoms with E-state index in [1.165, 1.54) is 19.5 Å². The SMILES string of the molecule is C1NC2CNC1C2.CC.[HH]. The van der Waals surface area contributed by atoms with Gasteiger partial charge >= 0.3 is 0 Å². The fourth-order valence-corrected chi connectivity index (χ4v) is 1.44. The second-order valence-electron chi connectivity index (χ2n) is 2.45. The lowest BCUT2D eigenvalue weighted by atomic mass is 10.3. The maximum absolute atomic E-state index is 3.39. The minimum Gasteiger partial charge on any atom is -0.311 e. The van der Waals surface area contributed by atoms with Crippen LogP contribution < -0.4 is 10.6 Å². The van der Waals surface area contributed by atoms with Crippen molar-refractivity contribution in [3.05, 3.63) is 0 Å². The summed E-state index contributed by atoms with van der Waals surface area (Å²) >= 11 is 0. The fourth-order valence-electron chi connectivity index (χ4n) is 1.44. The summed E-state index contributed by atoms with van der Waals surface area (Å²) in [6, 6.07) is 1.62. The van der Waals surface area contributed by atoms with Gasteiger partial charge < -0.3 is 10.6 Å². The summed E-state index contributed by atoms with van der Waals surface area (Å²) in [6.45, 7) is 6.40. The highest BCUT2D eigenvalue weighted by Gasteiger charge is 2.29. The van der Waals surface area contributed by atoms with Crippen LogP contribution in [0.15, 0.2) is 0 Å². The van der Waals surface area contributed by atoms with Gasteiger partial charge in [0.15, 0.2) is 0 Å². The number of fused-ring (bicyclic) bond motifs is 2. The number of hydrogen-bond acceptors (Lipinski definition) is 2. The Morgan fingerprint density at radius 3 is 1.67 bits per heavy atom. The lowest BCUT2D eigenvalue weighted by Gasteiger charge is -2.10. The molecule has 2 unspecified atom stereocenters. The van der Waals surface area contributed by atoms with E-state index in [1.807, 2.05) is 13.8 Å². The van der Waals surface area contributed by atoms with Crippen LogP contribution in [0.25, 0.3) is 0 Å². The molecule has 2 N–H and O–H groups in total. The third-order valence-electron chi connectivity index (χ3n) is 1.87. The molecule has 2 heteroatoms. The Labute approximate surface area is 58.5 Å². The van der Waals surface area contributed by atoms with Gasteiger partial charge in [0.1, 0.15) is 0 Å². The Morgan fingerprint density at radius 2 is 1.56 bits per heavy atom. The summed E-state index contributed by atoms with van der Waals surface area (Å²) in [6.07, 6.45) is 1.36. The summed E-state index contributed by atoms with van der Waals surface area (Å²) in [4.78, 5) is 0. The zero-order valence-corrected chi connectivity index (χ0v) is 6.28. The smallest absolute Gasteiger partial charge is 0.0208 e. The minimum absolute atomic E-state index is 0. The van der Waals surface area contributed by atoms with E-state index < -0.39 is 0 Å². The quantitative estimate of drug-likeness (QED) is 0.501. The Bertz CT molecular complexity index is 69.7. The first-order valence-corrected chi connectivity index (χ1v) is 3.92. The van der Waals surface area contributed by atoms with Crippen LogP contribution in [-0.4, -0.2) is 25.2 Å². The van der Waals surface area contributed by atoms with Gasteiger partial charge in [-0.1, -0.05) is 13.8 Å². The van der Waals surface area contributed by atoms with E-state index in [1.54, 1.807) is 0 Å². The topological polar surface area (TPSA) is 24.1 Å². The van der Waals surface area contributed by atoms with E-state index in [2.05, 4.69) is 10.6 Å². The van der Waals surface area contributed by atoms with Gasteiger partial charge in [0.2, 0.25) is 0 Å². The lowest BCUT2D eigenvalue weighted by Crippen LogP contribution is -2.39. The van der Waals surface area contributed by atoms with E-state index in [0.29, 0.717) is 0 Å². The molecule has 0 aromatic heterocycles. The van der Waals surface area contributed by atoms with Crippen molar-refractivity contribution in [3.8, 4) is 0 Å². The molecule has 2 atom stereocenters. The molecular formula is C7H18N2. The lowest BCUT2D eigenvalue weighted by molar-refractivity contribution is 0.528. The molecule has 2 saturated heterocycles. The summed E-state index contributed by atoms with van der Waals surface area (Å²) < 4.78 is 0. The second kappa shape index (κ2) is 3.18. The first-order chi connectivity index (χ1) is 4.45. The van der Waals surface area contributed by atoms with Gasteiger partial charge in [-0.25, -0.2) is 0 Å². The fraction of sp³-hybridized carbons (Fsp3) is 1.00. The van der Waals surface area contributed by atoms with E-state index in [4.69, 9.17) is 0 Å². The van der Waals surface area contributed by atoms with Crippen molar-refractivity contribution in [3.63, 3.8) is 0 Å². The van der Waals surface area contributed by atoms with E-state index in [9.17, 15) is 0 Å². The highest BCUT2D eigenvalue weighted by molar-refractivity contribution is 4.94. The van der Waals surface area contributed by atoms with E-state index in [-0.39, 0.29) is 1.43 Å². The molecule has 2 fully saturated rings. The third kappa shape index (κ3) is 1.43. The third-order valence-corrected chi connectivity index (χ3v) is 1.87. The molecule has 2 rings (SSSR count). The molecule has 2 aliphatic rings. The summed E-state index contributed by atoms with van der Waals surface area (Å²) in [7, 11) is 0. The van der Waals surface area contributed by atoms with Gasteiger partial charge in [-0.05, 0) is 6.42 Å². The molecule has 2 nitrogen and oxygen atoms in total. The first-order valence-electron chi connectivity index (χ1n) is 3.92. The van der Waals surface area contributed by atoms with Crippen LogP contribution in [0.4, 0.5) is 0 Å². The predicted octanol–water partition coefficient (Wildman–Crippen LogP) is 0.592. The van der Waals surface area contributed by atoms with Crippen LogP contribution in [-0.2, 0) is 0 Å². The molecule has 9 heavy (non-hydrogen) atoms. The van der Waals surface area contributed by atoms with Gasteiger partial charge in [0, 0.05) is 26.6 Å². The average molecular weight is 130 g/mol. The largest absolute Gasteiger partial charge is 0.311 e. The van der Waals surface area contributed by atoms with Crippen LogP contribution in [0, 0.1) is 0 Å². The van der Waals surface area contributed by atoms with Crippen LogP contribution in [0.1, 0.15) is 21.7 Å². The molecule has 0 aromatic carbocycles. The Kier molecular flexibility index (Phi) is 2.49. The molecule has 0 amide bonds. The standard InChI is InChI=1S/C5H10N2.C2H6.H2/c1-4-2-6-5(1)3-7-4;1-2;/h4-7H,1-3H2;1-2H3;1H. The monoisotopic (exact) mass is 130 g/mol. The predicted molar refractivity (Wildman–Crippen MR) is 41.7 cm³/mol. The van der Waals surface area contributed by atoms with Crippen molar-refractivity contribution >= 4 is 0 Å². The number of hydrogen-bond donors (Lipinski definition) is 2. The summed E-state index contributed by atoms with van der Waals surface area (Å²) in [5, 5.41) is 6.79. The molecule has 0 radical (unpaired) electrons. The van der Waals surface area contributed by atoms with Gasteiger partial charge in [0.25, 0.3) is 0 Å². The number of piperazine rings is 1. The molecule has 0 saturated carbocycles.